The molecule has 21 heavy (non-hydrogen) atoms. The fourth-order valence-electron chi connectivity index (χ4n) is 1.97. The van der Waals surface area contributed by atoms with E-state index in [0.717, 1.165) is 0 Å². The van der Waals surface area contributed by atoms with Gasteiger partial charge in [0.25, 0.3) is 0 Å². The summed E-state index contributed by atoms with van der Waals surface area (Å²) in [6, 6.07) is 5.82. The molecule has 0 radical (unpaired) electrons. The quantitative estimate of drug-likeness (QED) is 0.763. The van der Waals surface area contributed by atoms with Crippen LogP contribution in [0.1, 0.15) is 12.0 Å². The normalized spacial score (nSPS) is 18.6. The van der Waals surface area contributed by atoms with E-state index in [4.69, 9.17) is 9.84 Å². The first-order valence-corrected chi connectivity index (χ1v) is 8.03. The molecule has 0 bridgehead atoms. The average Bonchev–Trinajstić information content (AvgIpc) is 2.46. The molecular weight excluding hydrogens is 294 g/mol. The molecule has 1 atom stereocenters. The largest absolute Gasteiger partial charge is 0.481 e. The van der Waals surface area contributed by atoms with Crippen molar-refractivity contribution >= 4 is 16.0 Å². The lowest BCUT2D eigenvalue weighted by atomic mass is 10.2. The minimum Gasteiger partial charge on any atom is -0.481 e. The second kappa shape index (κ2) is 6.84. The minimum absolute atomic E-state index is 0.114. The molecule has 1 aliphatic heterocycles. The average molecular weight is 311 g/mol. The molecule has 0 saturated heterocycles. The van der Waals surface area contributed by atoms with Crippen LogP contribution in [0.4, 0.5) is 0 Å². The smallest absolute Gasteiger partial charge is 0.307 e. The van der Waals surface area contributed by atoms with Crippen molar-refractivity contribution in [3.05, 3.63) is 42.0 Å². The standard InChI is InChI=1S/C14H17NO5S/c16-14(17)9-11-4-6-13(7-5-11)21(18,19)15-10-12-3-1-2-8-20-12/h1-2,4-7,12,15H,3,8-10H2,(H,16,17). The van der Waals surface area contributed by atoms with Gasteiger partial charge >= 0.3 is 5.97 Å². The number of rotatable bonds is 6. The van der Waals surface area contributed by atoms with Gasteiger partial charge < -0.3 is 9.84 Å². The highest BCUT2D eigenvalue weighted by atomic mass is 32.2. The second-order valence-corrected chi connectivity index (χ2v) is 6.50. The Balaban J connectivity index is 1.98. The summed E-state index contributed by atoms with van der Waals surface area (Å²) in [4.78, 5) is 10.7. The lowest BCUT2D eigenvalue weighted by Gasteiger charge is -2.19. The topological polar surface area (TPSA) is 92.7 Å². The zero-order valence-electron chi connectivity index (χ0n) is 11.4. The van der Waals surface area contributed by atoms with Crippen LogP contribution in [0.5, 0.6) is 0 Å². The third-order valence-electron chi connectivity index (χ3n) is 3.08. The lowest BCUT2D eigenvalue weighted by Crippen LogP contribution is -2.34. The molecule has 2 rings (SSSR count). The van der Waals surface area contributed by atoms with Crippen molar-refractivity contribution in [3.63, 3.8) is 0 Å². The molecule has 1 aliphatic rings. The summed E-state index contributed by atoms with van der Waals surface area (Å²) < 4.78 is 32.1. The Morgan fingerprint density at radius 1 is 1.29 bits per heavy atom. The van der Waals surface area contributed by atoms with Crippen LogP contribution in [0.2, 0.25) is 0 Å². The molecule has 2 N–H and O–H groups in total. The first-order chi connectivity index (χ1) is 9.97. The number of nitrogens with one attached hydrogen (secondary N) is 1. The minimum atomic E-state index is -3.61. The highest BCUT2D eigenvalue weighted by molar-refractivity contribution is 7.89. The Kier molecular flexibility index (Phi) is 5.11. The van der Waals surface area contributed by atoms with Gasteiger partial charge in [-0.1, -0.05) is 24.3 Å². The van der Waals surface area contributed by atoms with Crippen molar-refractivity contribution in [2.24, 2.45) is 0 Å². The zero-order valence-corrected chi connectivity index (χ0v) is 12.2. The van der Waals surface area contributed by atoms with E-state index in [-0.39, 0.29) is 24.0 Å². The van der Waals surface area contributed by atoms with Crippen LogP contribution in [-0.2, 0) is 26.0 Å². The maximum Gasteiger partial charge on any atom is 0.307 e. The summed E-state index contributed by atoms with van der Waals surface area (Å²) in [6.07, 6.45) is 4.25. The fourth-order valence-corrected chi connectivity index (χ4v) is 3.03. The number of ether oxygens (including phenoxy) is 1. The monoisotopic (exact) mass is 311 g/mol. The number of carbonyl (C=O) groups is 1. The summed E-state index contributed by atoms with van der Waals surface area (Å²) in [5.41, 5.74) is 0.558. The van der Waals surface area contributed by atoms with Gasteiger partial charge in [0.05, 0.1) is 24.0 Å². The van der Waals surface area contributed by atoms with Crippen LogP contribution in [-0.4, -0.2) is 38.7 Å². The molecule has 0 fully saturated rings. The lowest BCUT2D eigenvalue weighted by molar-refractivity contribution is -0.136. The Hall–Kier alpha value is -1.70. The molecular formula is C14H17NO5S. The summed E-state index contributed by atoms with van der Waals surface area (Å²) in [7, 11) is -3.61. The molecule has 0 spiro atoms. The summed E-state index contributed by atoms with van der Waals surface area (Å²) in [5, 5.41) is 8.67. The second-order valence-electron chi connectivity index (χ2n) is 4.73. The van der Waals surface area contributed by atoms with E-state index in [1.54, 1.807) is 0 Å². The van der Waals surface area contributed by atoms with Crippen molar-refractivity contribution < 1.29 is 23.1 Å². The third kappa shape index (κ3) is 4.66. The van der Waals surface area contributed by atoms with E-state index in [9.17, 15) is 13.2 Å². The Bertz CT molecular complexity index is 621. The Morgan fingerprint density at radius 2 is 2.00 bits per heavy atom. The van der Waals surface area contributed by atoms with Gasteiger partial charge in [-0.05, 0) is 24.1 Å². The van der Waals surface area contributed by atoms with Gasteiger partial charge in [-0.3, -0.25) is 4.79 Å². The number of benzene rings is 1. The van der Waals surface area contributed by atoms with E-state index < -0.39 is 16.0 Å². The zero-order chi connectivity index (χ0) is 15.3. The number of aliphatic carboxylic acids is 1. The molecule has 0 amide bonds. The fraction of sp³-hybridized carbons (Fsp3) is 0.357. The van der Waals surface area contributed by atoms with Gasteiger partial charge in [0, 0.05) is 6.54 Å². The number of hydrogen-bond donors (Lipinski definition) is 2. The van der Waals surface area contributed by atoms with E-state index in [0.29, 0.717) is 18.6 Å². The van der Waals surface area contributed by atoms with Gasteiger partial charge in [-0.25, -0.2) is 13.1 Å². The Labute approximate surface area is 123 Å². The summed E-state index contributed by atoms with van der Waals surface area (Å²) in [6.45, 7) is 0.708. The van der Waals surface area contributed by atoms with Crippen LogP contribution in [0.25, 0.3) is 0 Å². The van der Waals surface area contributed by atoms with Crippen molar-refractivity contribution in [3.8, 4) is 0 Å². The number of carboxylic acid groups (broad SMARTS) is 1. The van der Waals surface area contributed by atoms with E-state index in [2.05, 4.69) is 4.72 Å². The predicted molar refractivity (Wildman–Crippen MR) is 76.5 cm³/mol. The van der Waals surface area contributed by atoms with E-state index >= 15 is 0 Å². The molecule has 1 aromatic carbocycles. The van der Waals surface area contributed by atoms with Gasteiger partial charge in [-0.2, -0.15) is 0 Å². The molecule has 1 heterocycles. The molecule has 7 heteroatoms. The first kappa shape index (κ1) is 15.7. The molecule has 6 nitrogen and oxygen atoms in total. The summed E-state index contributed by atoms with van der Waals surface area (Å²) in [5.74, 6) is -0.953. The molecule has 114 valence electrons. The van der Waals surface area contributed by atoms with Crippen molar-refractivity contribution in [2.75, 3.05) is 13.2 Å². The van der Waals surface area contributed by atoms with Crippen LogP contribution in [0, 0.1) is 0 Å². The Morgan fingerprint density at radius 3 is 2.57 bits per heavy atom. The van der Waals surface area contributed by atoms with Crippen molar-refractivity contribution in [1.82, 2.24) is 4.72 Å². The number of hydrogen-bond acceptors (Lipinski definition) is 4. The van der Waals surface area contributed by atoms with Gasteiger partial charge in [0.2, 0.25) is 10.0 Å². The number of carboxylic acids is 1. The molecule has 1 unspecified atom stereocenters. The highest BCUT2D eigenvalue weighted by Crippen LogP contribution is 2.12. The van der Waals surface area contributed by atoms with E-state index in [1.165, 1.54) is 24.3 Å². The summed E-state index contributed by atoms with van der Waals surface area (Å²) >= 11 is 0. The highest BCUT2D eigenvalue weighted by Gasteiger charge is 2.17. The third-order valence-corrected chi connectivity index (χ3v) is 4.52. The van der Waals surface area contributed by atoms with Gasteiger partial charge in [0.15, 0.2) is 0 Å². The van der Waals surface area contributed by atoms with Crippen LogP contribution in [0.15, 0.2) is 41.3 Å². The van der Waals surface area contributed by atoms with Gasteiger partial charge in [0.1, 0.15) is 0 Å². The molecule has 0 saturated carbocycles. The first-order valence-electron chi connectivity index (χ1n) is 6.54. The van der Waals surface area contributed by atoms with E-state index in [1.807, 2.05) is 12.2 Å². The van der Waals surface area contributed by atoms with Gasteiger partial charge in [-0.15, -0.1) is 0 Å². The molecule has 1 aromatic rings. The van der Waals surface area contributed by atoms with Crippen LogP contribution >= 0.6 is 0 Å². The van der Waals surface area contributed by atoms with Crippen LogP contribution < -0.4 is 4.72 Å². The molecule has 0 aromatic heterocycles. The maximum atomic E-state index is 12.1. The molecule has 0 aliphatic carbocycles. The predicted octanol–water partition coefficient (Wildman–Crippen LogP) is 0.937. The van der Waals surface area contributed by atoms with Crippen LogP contribution in [0.3, 0.4) is 0 Å². The SMILES string of the molecule is O=C(O)Cc1ccc(S(=O)(=O)NCC2CC=CCO2)cc1. The maximum absolute atomic E-state index is 12.1. The van der Waals surface area contributed by atoms with Crippen molar-refractivity contribution in [2.45, 2.75) is 23.8 Å². The number of sulfonamides is 1. The van der Waals surface area contributed by atoms with Crippen molar-refractivity contribution in [1.29, 1.82) is 0 Å².